The van der Waals surface area contributed by atoms with E-state index in [2.05, 4.69) is 17.4 Å². The first-order valence-corrected chi connectivity index (χ1v) is 7.56. The van der Waals surface area contributed by atoms with E-state index < -0.39 is 0 Å². The molecule has 118 valence electrons. The predicted molar refractivity (Wildman–Crippen MR) is 85.6 cm³/mol. The number of aliphatic hydroxyl groups is 1. The van der Waals surface area contributed by atoms with Crippen molar-refractivity contribution in [2.45, 2.75) is 32.1 Å². The van der Waals surface area contributed by atoms with Gasteiger partial charge in [0.2, 0.25) is 0 Å². The third-order valence-electron chi connectivity index (χ3n) is 3.69. The Morgan fingerprint density at radius 2 is 1.95 bits per heavy atom. The normalized spacial score (nSPS) is 14.9. The average Bonchev–Trinajstić information content (AvgIpc) is 2.52. The van der Waals surface area contributed by atoms with Gasteiger partial charge in [-0.25, -0.2) is 0 Å². The van der Waals surface area contributed by atoms with E-state index in [1.54, 1.807) is 0 Å². The lowest BCUT2D eigenvalue weighted by Gasteiger charge is -2.20. The molecule has 0 amide bonds. The Morgan fingerprint density at radius 3 is 2.52 bits per heavy atom. The van der Waals surface area contributed by atoms with Gasteiger partial charge in [-0.05, 0) is 30.9 Å². The van der Waals surface area contributed by atoms with Gasteiger partial charge in [0.1, 0.15) is 5.84 Å². The predicted octanol–water partition coefficient (Wildman–Crippen LogP) is 1.90. The van der Waals surface area contributed by atoms with Crippen molar-refractivity contribution in [2.24, 2.45) is 16.8 Å². The molecule has 1 aromatic rings. The molecule has 0 aromatic heterocycles. The van der Waals surface area contributed by atoms with Crippen LogP contribution in [0.3, 0.4) is 0 Å². The van der Waals surface area contributed by atoms with Gasteiger partial charge < -0.3 is 21.4 Å². The average molecular weight is 293 g/mol. The molecule has 0 aliphatic carbocycles. The molecule has 5 N–H and O–H groups in total. The van der Waals surface area contributed by atoms with Crippen LogP contribution in [0.25, 0.3) is 0 Å². The topological polar surface area (TPSA) is 90.9 Å². The van der Waals surface area contributed by atoms with Crippen molar-refractivity contribution < 1.29 is 10.3 Å². The van der Waals surface area contributed by atoms with Gasteiger partial charge in [0.15, 0.2) is 0 Å². The van der Waals surface area contributed by atoms with Gasteiger partial charge in [0.25, 0.3) is 0 Å². The van der Waals surface area contributed by atoms with E-state index in [-0.39, 0.29) is 18.4 Å². The molecule has 0 radical (unpaired) electrons. The van der Waals surface area contributed by atoms with Gasteiger partial charge in [-0.2, -0.15) is 0 Å². The number of nitrogens with two attached hydrogens (primary N) is 1. The monoisotopic (exact) mass is 293 g/mol. The van der Waals surface area contributed by atoms with Crippen molar-refractivity contribution in [1.82, 2.24) is 5.32 Å². The van der Waals surface area contributed by atoms with E-state index in [0.717, 1.165) is 31.4 Å². The maximum atomic E-state index is 9.08. The summed E-state index contributed by atoms with van der Waals surface area (Å²) in [6, 6.07) is 9.78. The summed E-state index contributed by atoms with van der Waals surface area (Å²) in [4.78, 5) is 0. The minimum atomic E-state index is -0.146. The van der Waals surface area contributed by atoms with Crippen LogP contribution in [0.15, 0.2) is 35.5 Å². The Bertz CT molecular complexity index is 403. The van der Waals surface area contributed by atoms with Crippen LogP contribution in [0, 0.1) is 5.92 Å². The smallest absolute Gasteiger partial charge is 0.147 e. The molecule has 1 rings (SSSR count). The third-order valence-corrected chi connectivity index (χ3v) is 3.69. The van der Waals surface area contributed by atoms with Crippen LogP contribution in [-0.4, -0.2) is 35.8 Å². The van der Waals surface area contributed by atoms with E-state index in [4.69, 9.17) is 16.0 Å². The molecule has 5 nitrogen and oxygen atoms in total. The van der Waals surface area contributed by atoms with Crippen LogP contribution in [0.5, 0.6) is 0 Å². The van der Waals surface area contributed by atoms with Gasteiger partial charge in [0.05, 0.1) is 5.92 Å². The summed E-state index contributed by atoms with van der Waals surface area (Å²) >= 11 is 0. The SMILES string of the molecule is CCCC(CCO)CNCC(/C(N)=N/O)c1ccccc1. The first-order chi connectivity index (χ1) is 10.2. The van der Waals surface area contributed by atoms with Crippen molar-refractivity contribution in [3.63, 3.8) is 0 Å². The number of amidine groups is 1. The second-order valence-corrected chi connectivity index (χ2v) is 5.31. The second kappa shape index (κ2) is 10.2. The van der Waals surface area contributed by atoms with Gasteiger partial charge >= 0.3 is 0 Å². The summed E-state index contributed by atoms with van der Waals surface area (Å²) in [5.41, 5.74) is 6.83. The minimum absolute atomic E-state index is 0.146. The molecule has 0 spiro atoms. The van der Waals surface area contributed by atoms with Crippen molar-refractivity contribution in [3.8, 4) is 0 Å². The number of rotatable bonds is 10. The van der Waals surface area contributed by atoms with E-state index in [1.807, 2.05) is 30.3 Å². The molecular weight excluding hydrogens is 266 g/mol. The largest absolute Gasteiger partial charge is 0.409 e. The van der Waals surface area contributed by atoms with Gasteiger partial charge in [-0.15, -0.1) is 0 Å². The van der Waals surface area contributed by atoms with Crippen LogP contribution in [0.4, 0.5) is 0 Å². The highest BCUT2D eigenvalue weighted by Crippen LogP contribution is 2.16. The molecule has 1 aromatic carbocycles. The Hall–Kier alpha value is -1.59. The van der Waals surface area contributed by atoms with Crippen LogP contribution in [0.2, 0.25) is 0 Å². The zero-order valence-corrected chi connectivity index (χ0v) is 12.7. The fourth-order valence-corrected chi connectivity index (χ4v) is 2.52. The maximum absolute atomic E-state index is 9.08. The fourth-order valence-electron chi connectivity index (χ4n) is 2.52. The summed E-state index contributed by atoms with van der Waals surface area (Å²) < 4.78 is 0. The minimum Gasteiger partial charge on any atom is -0.409 e. The molecule has 0 saturated carbocycles. The Labute approximate surface area is 126 Å². The molecular formula is C16H27N3O2. The molecule has 21 heavy (non-hydrogen) atoms. The van der Waals surface area contributed by atoms with Gasteiger partial charge in [-0.1, -0.05) is 48.8 Å². The first kappa shape index (κ1) is 17.5. The molecule has 0 fully saturated rings. The maximum Gasteiger partial charge on any atom is 0.147 e. The number of hydrogen-bond donors (Lipinski definition) is 4. The zero-order chi connectivity index (χ0) is 15.5. The third kappa shape index (κ3) is 6.14. The standard InChI is InChI=1S/C16H27N3O2/c1-2-6-13(9-10-20)11-18-12-15(16(17)19-21)14-7-4-3-5-8-14/h3-5,7-8,13,15,18,20-21H,2,6,9-12H2,1H3,(H2,17,19). The van der Waals surface area contributed by atoms with Crippen LogP contribution < -0.4 is 11.1 Å². The molecule has 2 atom stereocenters. The highest BCUT2D eigenvalue weighted by molar-refractivity contribution is 5.87. The van der Waals surface area contributed by atoms with E-state index in [0.29, 0.717) is 12.5 Å². The van der Waals surface area contributed by atoms with Crippen molar-refractivity contribution in [3.05, 3.63) is 35.9 Å². The lowest BCUT2D eigenvalue weighted by molar-refractivity contribution is 0.248. The fraction of sp³-hybridized carbons (Fsp3) is 0.562. The number of aliphatic hydroxyl groups excluding tert-OH is 1. The molecule has 2 unspecified atom stereocenters. The quantitative estimate of drug-likeness (QED) is 0.229. The first-order valence-electron chi connectivity index (χ1n) is 7.56. The van der Waals surface area contributed by atoms with E-state index >= 15 is 0 Å². The Balaban J connectivity index is 2.58. The highest BCUT2D eigenvalue weighted by Gasteiger charge is 2.17. The number of nitrogens with one attached hydrogen (secondary N) is 1. The lowest BCUT2D eigenvalue weighted by atomic mass is 9.96. The summed E-state index contributed by atoms with van der Waals surface area (Å²) in [7, 11) is 0. The zero-order valence-electron chi connectivity index (χ0n) is 12.7. The molecule has 0 saturated heterocycles. The Kier molecular flexibility index (Phi) is 8.47. The second-order valence-electron chi connectivity index (χ2n) is 5.31. The van der Waals surface area contributed by atoms with Crippen molar-refractivity contribution in [2.75, 3.05) is 19.7 Å². The molecule has 0 aliphatic rings. The summed E-state index contributed by atoms with van der Waals surface area (Å²) in [6.45, 7) is 3.81. The van der Waals surface area contributed by atoms with Crippen LogP contribution >= 0.6 is 0 Å². The number of hydrogen-bond acceptors (Lipinski definition) is 4. The molecule has 0 bridgehead atoms. The number of nitrogens with zero attached hydrogens (tertiary/aromatic N) is 1. The summed E-state index contributed by atoms with van der Waals surface area (Å²) in [5, 5.41) is 24.6. The van der Waals surface area contributed by atoms with E-state index in [1.165, 1.54) is 0 Å². The van der Waals surface area contributed by atoms with Crippen molar-refractivity contribution in [1.29, 1.82) is 0 Å². The number of oxime groups is 1. The summed E-state index contributed by atoms with van der Waals surface area (Å²) in [5.74, 6) is 0.527. The van der Waals surface area contributed by atoms with Gasteiger partial charge in [-0.3, -0.25) is 0 Å². The number of benzene rings is 1. The summed E-state index contributed by atoms with van der Waals surface area (Å²) in [6.07, 6.45) is 3.00. The lowest BCUT2D eigenvalue weighted by Crippen LogP contribution is -2.34. The van der Waals surface area contributed by atoms with Crippen molar-refractivity contribution >= 4 is 5.84 Å². The molecule has 5 heteroatoms. The molecule has 0 heterocycles. The molecule has 0 aliphatic heterocycles. The van der Waals surface area contributed by atoms with Gasteiger partial charge in [0, 0.05) is 13.2 Å². The highest BCUT2D eigenvalue weighted by atomic mass is 16.4. The van der Waals surface area contributed by atoms with E-state index in [9.17, 15) is 0 Å². The van der Waals surface area contributed by atoms with Crippen LogP contribution in [0.1, 0.15) is 37.7 Å². The van der Waals surface area contributed by atoms with Crippen LogP contribution in [-0.2, 0) is 0 Å². The Morgan fingerprint density at radius 1 is 1.24 bits per heavy atom.